The summed E-state index contributed by atoms with van der Waals surface area (Å²) in [6.07, 6.45) is 2.09. The Balaban J connectivity index is 1.75. The second kappa shape index (κ2) is 8.58. The number of anilines is 3. The van der Waals surface area contributed by atoms with Gasteiger partial charge in [0.25, 0.3) is 5.91 Å². The Hall–Kier alpha value is -3.86. The standard InChI is InChI=1S/C28H27N3O2/c1-30(2)21-17-15-19(16-18-21)27-26-23(12-8-14-25(26)32)29-22-11-6-7-13-24(22)31(27)28(33)20-9-4-3-5-10-20/h3-7,9-11,13,15-18,27,29H,8,12,14H2,1-2H3/t27-/m0/s1. The van der Waals surface area contributed by atoms with Crippen LogP contribution in [0.2, 0.25) is 0 Å². The summed E-state index contributed by atoms with van der Waals surface area (Å²) in [4.78, 5) is 31.2. The second-order valence-corrected chi connectivity index (χ2v) is 8.74. The van der Waals surface area contributed by atoms with Gasteiger partial charge in [0.2, 0.25) is 0 Å². The Kier molecular flexibility index (Phi) is 5.47. The summed E-state index contributed by atoms with van der Waals surface area (Å²) in [6, 6.07) is 24.7. The first-order valence-electron chi connectivity index (χ1n) is 11.3. The van der Waals surface area contributed by atoms with Crippen LogP contribution in [0.5, 0.6) is 0 Å². The number of hydrogen-bond donors (Lipinski definition) is 1. The van der Waals surface area contributed by atoms with Crippen LogP contribution in [0.1, 0.15) is 41.2 Å². The molecule has 5 heteroatoms. The third kappa shape index (κ3) is 3.80. The number of ketones is 1. The summed E-state index contributed by atoms with van der Waals surface area (Å²) in [6.45, 7) is 0. The van der Waals surface area contributed by atoms with Crippen LogP contribution in [0.4, 0.5) is 17.1 Å². The van der Waals surface area contributed by atoms with E-state index in [9.17, 15) is 9.59 Å². The maximum Gasteiger partial charge on any atom is 0.259 e. The smallest absolute Gasteiger partial charge is 0.259 e. The minimum atomic E-state index is -0.507. The van der Waals surface area contributed by atoms with E-state index in [-0.39, 0.29) is 11.7 Å². The summed E-state index contributed by atoms with van der Waals surface area (Å²) >= 11 is 0. The summed E-state index contributed by atoms with van der Waals surface area (Å²) in [5, 5.41) is 3.51. The average molecular weight is 438 g/mol. The zero-order valence-corrected chi connectivity index (χ0v) is 18.9. The van der Waals surface area contributed by atoms with Crippen molar-refractivity contribution in [1.29, 1.82) is 0 Å². The molecule has 0 radical (unpaired) electrons. The van der Waals surface area contributed by atoms with Gasteiger partial charge in [0.05, 0.1) is 17.4 Å². The number of rotatable bonds is 3. The van der Waals surface area contributed by atoms with Crippen LogP contribution in [-0.2, 0) is 4.79 Å². The van der Waals surface area contributed by atoms with Crippen molar-refractivity contribution in [2.75, 3.05) is 29.2 Å². The van der Waals surface area contributed by atoms with Crippen molar-refractivity contribution in [3.63, 3.8) is 0 Å². The molecule has 0 aromatic heterocycles. The first kappa shape index (κ1) is 21.0. The predicted molar refractivity (Wildman–Crippen MR) is 133 cm³/mol. The number of allylic oxidation sites excluding steroid dienone is 1. The van der Waals surface area contributed by atoms with Gasteiger partial charge in [-0.3, -0.25) is 14.5 Å². The van der Waals surface area contributed by atoms with E-state index < -0.39 is 6.04 Å². The molecular formula is C28H27N3O2. The van der Waals surface area contributed by atoms with Crippen LogP contribution >= 0.6 is 0 Å². The summed E-state index contributed by atoms with van der Waals surface area (Å²) in [5.41, 5.74) is 5.81. The predicted octanol–water partition coefficient (Wildman–Crippen LogP) is 5.57. The van der Waals surface area contributed by atoms with Crippen molar-refractivity contribution in [3.8, 4) is 0 Å². The van der Waals surface area contributed by atoms with E-state index >= 15 is 0 Å². The summed E-state index contributed by atoms with van der Waals surface area (Å²) in [5.74, 6) is -0.0252. The monoisotopic (exact) mass is 437 g/mol. The zero-order chi connectivity index (χ0) is 22.9. The van der Waals surface area contributed by atoms with E-state index in [0.29, 0.717) is 17.6 Å². The van der Waals surface area contributed by atoms with E-state index in [2.05, 4.69) is 5.32 Å². The molecule has 0 spiro atoms. The third-order valence-electron chi connectivity index (χ3n) is 6.40. The zero-order valence-electron chi connectivity index (χ0n) is 18.9. The molecule has 166 valence electrons. The molecule has 1 aliphatic heterocycles. The van der Waals surface area contributed by atoms with Gasteiger partial charge < -0.3 is 10.2 Å². The molecule has 2 aliphatic rings. The van der Waals surface area contributed by atoms with Gasteiger partial charge in [-0.15, -0.1) is 0 Å². The highest BCUT2D eigenvalue weighted by molar-refractivity contribution is 6.11. The molecule has 3 aromatic carbocycles. The molecule has 1 atom stereocenters. The number of nitrogens with one attached hydrogen (secondary N) is 1. The van der Waals surface area contributed by atoms with E-state index in [1.807, 2.05) is 97.9 Å². The number of Topliss-reactive ketones (excluding diaryl/α,β-unsaturated/α-hetero) is 1. The molecule has 0 saturated carbocycles. The van der Waals surface area contributed by atoms with Gasteiger partial charge in [-0.2, -0.15) is 0 Å². The first-order chi connectivity index (χ1) is 16.0. The SMILES string of the molecule is CN(C)c1ccc([C@H]2C3=C(CCCC3=O)Nc3ccccc3N2C(=O)c2ccccc2)cc1. The fraction of sp³-hybridized carbons (Fsp3) is 0.214. The van der Waals surface area contributed by atoms with Gasteiger partial charge in [-0.1, -0.05) is 42.5 Å². The summed E-state index contributed by atoms with van der Waals surface area (Å²) in [7, 11) is 3.99. The van der Waals surface area contributed by atoms with E-state index in [1.165, 1.54) is 0 Å². The molecule has 1 aliphatic carbocycles. The minimum Gasteiger partial charge on any atom is -0.378 e. The second-order valence-electron chi connectivity index (χ2n) is 8.74. The van der Waals surface area contributed by atoms with Gasteiger partial charge in [0, 0.05) is 43.0 Å². The lowest BCUT2D eigenvalue weighted by Gasteiger charge is -2.34. The van der Waals surface area contributed by atoms with Gasteiger partial charge in [0.1, 0.15) is 0 Å². The maximum absolute atomic E-state index is 14.0. The first-order valence-corrected chi connectivity index (χ1v) is 11.3. The molecule has 3 aromatic rings. The number of para-hydroxylation sites is 2. The van der Waals surface area contributed by atoms with Gasteiger partial charge >= 0.3 is 0 Å². The molecule has 1 N–H and O–H groups in total. The number of carbonyl (C=O) groups excluding carboxylic acids is 2. The van der Waals surface area contributed by atoms with E-state index in [1.54, 1.807) is 4.90 Å². The van der Waals surface area contributed by atoms with Crippen LogP contribution in [0.15, 0.2) is 90.1 Å². The molecule has 5 nitrogen and oxygen atoms in total. The lowest BCUT2D eigenvalue weighted by atomic mass is 9.85. The molecule has 33 heavy (non-hydrogen) atoms. The number of carbonyl (C=O) groups is 2. The highest BCUT2D eigenvalue weighted by Gasteiger charge is 2.39. The Morgan fingerprint density at radius 3 is 2.33 bits per heavy atom. The van der Waals surface area contributed by atoms with Crippen LogP contribution in [-0.4, -0.2) is 25.8 Å². The van der Waals surface area contributed by atoms with Crippen molar-refractivity contribution in [2.45, 2.75) is 25.3 Å². The van der Waals surface area contributed by atoms with Crippen LogP contribution < -0.4 is 15.1 Å². The van der Waals surface area contributed by atoms with Crippen molar-refractivity contribution in [1.82, 2.24) is 0 Å². The van der Waals surface area contributed by atoms with Gasteiger partial charge in [-0.25, -0.2) is 0 Å². The Morgan fingerprint density at radius 2 is 1.61 bits per heavy atom. The van der Waals surface area contributed by atoms with Gasteiger partial charge in [0.15, 0.2) is 5.78 Å². The number of fused-ring (bicyclic) bond motifs is 1. The molecule has 0 bridgehead atoms. The number of benzene rings is 3. The quantitative estimate of drug-likeness (QED) is 0.582. The van der Waals surface area contributed by atoms with E-state index in [0.717, 1.165) is 41.2 Å². The maximum atomic E-state index is 14.0. The molecule has 0 fully saturated rings. The Morgan fingerprint density at radius 1 is 0.909 bits per heavy atom. The lowest BCUT2D eigenvalue weighted by molar-refractivity contribution is -0.116. The highest BCUT2D eigenvalue weighted by Crippen LogP contribution is 2.45. The number of nitrogens with zero attached hydrogens (tertiary/aromatic N) is 2. The van der Waals surface area contributed by atoms with Crippen LogP contribution in [0.25, 0.3) is 0 Å². The largest absolute Gasteiger partial charge is 0.378 e. The van der Waals surface area contributed by atoms with Crippen molar-refractivity contribution in [3.05, 3.63) is 101 Å². The van der Waals surface area contributed by atoms with Gasteiger partial charge in [-0.05, 0) is 54.8 Å². The molecule has 0 saturated heterocycles. The van der Waals surface area contributed by atoms with E-state index in [4.69, 9.17) is 0 Å². The highest BCUT2D eigenvalue weighted by atomic mass is 16.2. The minimum absolute atomic E-state index is 0.101. The number of hydrogen-bond acceptors (Lipinski definition) is 4. The molecule has 5 rings (SSSR count). The van der Waals surface area contributed by atoms with Crippen LogP contribution in [0, 0.1) is 0 Å². The molecule has 1 heterocycles. The van der Waals surface area contributed by atoms with Crippen LogP contribution in [0.3, 0.4) is 0 Å². The number of amides is 1. The van der Waals surface area contributed by atoms with Crippen molar-refractivity contribution >= 4 is 28.8 Å². The third-order valence-corrected chi connectivity index (χ3v) is 6.40. The van der Waals surface area contributed by atoms with Crippen molar-refractivity contribution in [2.24, 2.45) is 0 Å². The van der Waals surface area contributed by atoms with Crippen molar-refractivity contribution < 1.29 is 9.59 Å². The normalized spacial score (nSPS) is 17.6. The molecular weight excluding hydrogens is 410 g/mol. The molecule has 0 unspecified atom stereocenters. The summed E-state index contributed by atoms with van der Waals surface area (Å²) < 4.78 is 0. The fourth-order valence-electron chi connectivity index (χ4n) is 4.75. The fourth-order valence-corrected chi connectivity index (χ4v) is 4.75. The Labute approximate surface area is 194 Å². The topological polar surface area (TPSA) is 52.7 Å². The molecule has 1 amide bonds. The Bertz CT molecular complexity index is 1230. The lowest BCUT2D eigenvalue weighted by Crippen LogP contribution is -2.38. The average Bonchev–Trinajstić information content (AvgIpc) is 2.99.